The zero-order valence-electron chi connectivity index (χ0n) is 14.6. The summed E-state index contributed by atoms with van der Waals surface area (Å²) in [6.45, 7) is 2.01. The molecule has 0 fully saturated rings. The Kier molecular flexibility index (Phi) is 5.13. The second-order valence-corrected chi connectivity index (χ2v) is 7.69. The molecule has 2 aromatic rings. The van der Waals surface area contributed by atoms with Crippen molar-refractivity contribution in [1.29, 1.82) is 0 Å². The van der Waals surface area contributed by atoms with Gasteiger partial charge in [0.2, 0.25) is 5.91 Å². The number of fused-ring (bicyclic) bond motifs is 1. The lowest BCUT2D eigenvalue weighted by Gasteiger charge is -2.35. The molecule has 0 aromatic heterocycles. The second-order valence-electron chi connectivity index (χ2n) is 5.93. The predicted octanol–water partition coefficient (Wildman–Crippen LogP) is 2.49. The molecule has 0 bridgehead atoms. The minimum atomic E-state index is -4.20. The molecule has 0 radical (unpaired) electrons. The molecular weight excluding hydrogens is 373 g/mol. The van der Waals surface area contributed by atoms with Gasteiger partial charge in [-0.25, -0.2) is 17.6 Å². The van der Waals surface area contributed by atoms with Crippen LogP contribution in [0.2, 0.25) is 0 Å². The van der Waals surface area contributed by atoms with E-state index in [2.05, 4.69) is 5.32 Å². The maximum absolute atomic E-state index is 13.2. The number of sulfonamides is 1. The molecule has 1 aliphatic heterocycles. The van der Waals surface area contributed by atoms with E-state index in [-0.39, 0.29) is 22.8 Å². The van der Waals surface area contributed by atoms with E-state index in [0.717, 1.165) is 23.5 Å². The van der Waals surface area contributed by atoms with Gasteiger partial charge in [0.15, 0.2) is 0 Å². The third-order valence-electron chi connectivity index (χ3n) is 4.01. The molecule has 2 aromatic carbocycles. The Labute approximate surface area is 156 Å². The Morgan fingerprint density at radius 1 is 1.11 bits per heavy atom. The molecule has 3 amide bonds. The van der Waals surface area contributed by atoms with Crippen LogP contribution in [0.1, 0.15) is 13.3 Å². The molecular formula is C18H18FN3O4S. The number of hydrogen-bond acceptors (Lipinski definition) is 4. The van der Waals surface area contributed by atoms with E-state index in [4.69, 9.17) is 0 Å². The fraction of sp³-hybridized carbons (Fsp3) is 0.222. The van der Waals surface area contributed by atoms with Gasteiger partial charge in [-0.15, -0.1) is 0 Å². The highest BCUT2D eigenvalue weighted by atomic mass is 32.2. The quantitative estimate of drug-likeness (QED) is 0.848. The Bertz CT molecular complexity index is 976. The first-order chi connectivity index (χ1) is 12.9. The first kappa shape index (κ1) is 18.8. The molecule has 1 N–H and O–H groups in total. The van der Waals surface area contributed by atoms with Gasteiger partial charge in [-0.1, -0.05) is 19.1 Å². The number of rotatable bonds is 5. The number of hydrogen-bond donors (Lipinski definition) is 1. The van der Waals surface area contributed by atoms with Crippen LogP contribution < -0.4 is 14.5 Å². The van der Waals surface area contributed by atoms with E-state index in [1.165, 1.54) is 30.3 Å². The fourth-order valence-corrected chi connectivity index (χ4v) is 4.35. The van der Waals surface area contributed by atoms with Crippen molar-refractivity contribution in [3.05, 3.63) is 54.3 Å². The summed E-state index contributed by atoms with van der Waals surface area (Å²) in [6.07, 6.45) is 0.729. The normalized spacial score (nSPS) is 15.4. The van der Waals surface area contributed by atoms with Crippen molar-refractivity contribution in [3.8, 4) is 0 Å². The van der Waals surface area contributed by atoms with Crippen molar-refractivity contribution >= 4 is 33.3 Å². The number of carbonyl (C=O) groups is 2. The van der Waals surface area contributed by atoms with Gasteiger partial charge < -0.3 is 5.32 Å². The highest BCUT2D eigenvalue weighted by Crippen LogP contribution is 2.36. The van der Waals surface area contributed by atoms with Crippen LogP contribution in [-0.2, 0) is 14.8 Å². The number of urea groups is 1. The molecule has 0 aliphatic carbocycles. The van der Waals surface area contributed by atoms with Crippen LogP contribution in [0, 0.1) is 5.82 Å². The SMILES string of the molecule is CCCNC(=O)CN1C(=O)N(c2ccc(F)cc2)S(=O)(=O)c2ccccc21. The van der Waals surface area contributed by atoms with Crippen LogP contribution in [-0.4, -0.2) is 33.4 Å². The molecule has 142 valence electrons. The Morgan fingerprint density at radius 3 is 2.44 bits per heavy atom. The van der Waals surface area contributed by atoms with Gasteiger partial charge >= 0.3 is 6.03 Å². The third kappa shape index (κ3) is 3.50. The molecule has 7 nitrogen and oxygen atoms in total. The molecule has 0 saturated carbocycles. The van der Waals surface area contributed by atoms with Crippen LogP contribution in [0.25, 0.3) is 0 Å². The summed E-state index contributed by atoms with van der Waals surface area (Å²) in [5.74, 6) is -0.963. The van der Waals surface area contributed by atoms with Gasteiger partial charge in [-0.3, -0.25) is 9.69 Å². The number of nitrogens with zero attached hydrogens (tertiary/aromatic N) is 2. The molecule has 3 rings (SSSR count). The van der Waals surface area contributed by atoms with E-state index < -0.39 is 27.8 Å². The van der Waals surface area contributed by atoms with Crippen molar-refractivity contribution in [1.82, 2.24) is 5.32 Å². The van der Waals surface area contributed by atoms with Crippen molar-refractivity contribution < 1.29 is 22.4 Å². The molecule has 27 heavy (non-hydrogen) atoms. The molecule has 0 saturated heterocycles. The number of halogens is 1. The van der Waals surface area contributed by atoms with Crippen LogP contribution in [0.3, 0.4) is 0 Å². The van der Waals surface area contributed by atoms with Crippen molar-refractivity contribution in [2.24, 2.45) is 0 Å². The summed E-state index contributed by atoms with van der Waals surface area (Å²) < 4.78 is 39.8. The van der Waals surface area contributed by atoms with Gasteiger partial charge in [0, 0.05) is 6.54 Å². The molecule has 1 aliphatic rings. The average Bonchev–Trinajstić information content (AvgIpc) is 2.65. The summed E-state index contributed by atoms with van der Waals surface area (Å²) in [7, 11) is -4.20. The van der Waals surface area contributed by atoms with E-state index in [9.17, 15) is 22.4 Å². The number of nitrogens with one attached hydrogen (secondary N) is 1. The van der Waals surface area contributed by atoms with Gasteiger partial charge in [-0.2, -0.15) is 4.31 Å². The van der Waals surface area contributed by atoms with Gasteiger partial charge in [-0.05, 0) is 42.8 Å². The summed E-state index contributed by atoms with van der Waals surface area (Å²) in [6, 6.07) is 9.60. The highest BCUT2D eigenvalue weighted by Gasteiger charge is 2.42. The first-order valence-corrected chi connectivity index (χ1v) is 9.78. The summed E-state index contributed by atoms with van der Waals surface area (Å²) in [4.78, 5) is 26.2. The predicted molar refractivity (Wildman–Crippen MR) is 98.5 cm³/mol. The van der Waals surface area contributed by atoms with Crippen molar-refractivity contribution in [2.45, 2.75) is 18.2 Å². The largest absolute Gasteiger partial charge is 0.355 e. The van der Waals surface area contributed by atoms with Gasteiger partial charge in [0.05, 0.1) is 11.4 Å². The number of para-hydroxylation sites is 1. The average molecular weight is 391 g/mol. The van der Waals surface area contributed by atoms with Crippen LogP contribution in [0.15, 0.2) is 53.4 Å². The maximum atomic E-state index is 13.2. The smallest absolute Gasteiger partial charge is 0.343 e. The minimum absolute atomic E-state index is 0.00475. The first-order valence-electron chi connectivity index (χ1n) is 8.34. The lowest BCUT2D eigenvalue weighted by molar-refractivity contribution is -0.119. The van der Waals surface area contributed by atoms with E-state index in [1.807, 2.05) is 6.92 Å². The monoisotopic (exact) mass is 391 g/mol. The fourth-order valence-electron chi connectivity index (χ4n) is 2.75. The zero-order valence-corrected chi connectivity index (χ0v) is 15.4. The summed E-state index contributed by atoms with van der Waals surface area (Å²) in [5, 5.41) is 2.66. The van der Waals surface area contributed by atoms with Crippen LogP contribution in [0.4, 0.5) is 20.6 Å². The minimum Gasteiger partial charge on any atom is -0.355 e. The number of benzene rings is 2. The Balaban J connectivity index is 2.08. The molecule has 0 spiro atoms. The van der Waals surface area contributed by atoms with Crippen molar-refractivity contribution in [3.63, 3.8) is 0 Å². The van der Waals surface area contributed by atoms with Gasteiger partial charge in [0.25, 0.3) is 10.0 Å². The van der Waals surface area contributed by atoms with E-state index in [0.29, 0.717) is 10.8 Å². The Morgan fingerprint density at radius 2 is 1.78 bits per heavy atom. The molecule has 1 heterocycles. The lowest BCUT2D eigenvalue weighted by atomic mass is 10.2. The van der Waals surface area contributed by atoms with E-state index in [1.54, 1.807) is 6.07 Å². The zero-order chi connectivity index (χ0) is 19.6. The van der Waals surface area contributed by atoms with Crippen LogP contribution in [0.5, 0.6) is 0 Å². The summed E-state index contributed by atoms with van der Waals surface area (Å²) in [5.41, 5.74) is 0.127. The van der Waals surface area contributed by atoms with Crippen molar-refractivity contribution in [2.75, 3.05) is 22.3 Å². The summed E-state index contributed by atoms with van der Waals surface area (Å²) >= 11 is 0. The molecule has 9 heteroatoms. The number of anilines is 2. The maximum Gasteiger partial charge on any atom is 0.343 e. The standard InChI is InChI=1S/C18H18FN3O4S/c1-2-11-20-17(23)12-21-15-5-3-4-6-16(15)27(25,26)22(18(21)24)14-9-7-13(19)8-10-14/h3-10H,2,11-12H2,1H3,(H,20,23). The molecule has 0 atom stereocenters. The van der Waals surface area contributed by atoms with Gasteiger partial charge in [0.1, 0.15) is 17.3 Å². The lowest BCUT2D eigenvalue weighted by Crippen LogP contribution is -2.53. The van der Waals surface area contributed by atoms with Crippen LogP contribution >= 0.6 is 0 Å². The number of carbonyl (C=O) groups excluding carboxylic acids is 2. The topological polar surface area (TPSA) is 86.8 Å². The highest BCUT2D eigenvalue weighted by molar-refractivity contribution is 7.94. The Hall–Kier alpha value is -2.94. The third-order valence-corrected chi connectivity index (χ3v) is 5.76. The van der Waals surface area contributed by atoms with E-state index >= 15 is 0 Å². The molecule has 0 unspecified atom stereocenters. The number of amides is 3. The second kappa shape index (κ2) is 7.36.